The summed E-state index contributed by atoms with van der Waals surface area (Å²) < 4.78 is 6.14. The van der Waals surface area contributed by atoms with E-state index >= 15 is 0 Å². The van der Waals surface area contributed by atoms with Crippen molar-refractivity contribution in [1.29, 1.82) is 0 Å². The van der Waals surface area contributed by atoms with Gasteiger partial charge < -0.3 is 15.0 Å². The van der Waals surface area contributed by atoms with E-state index in [9.17, 15) is 9.59 Å². The molecule has 2 atom stereocenters. The van der Waals surface area contributed by atoms with Gasteiger partial charge in [-0.15, -0.1) is 0 Å². The van der Waals surface area contributed by atoms with Gasteiger partial charge in [0.05, 0.1) is 13.0 Å². The van der Waals surface area contributed by atoms with E-state index in [1.54, 1.807) is 23.8 Å². The average Bonchev–Trinajstić information content (AvgIpc) is 3.00. The predicted octanol–water partition coefficient (Wildman–Crippen LogP) is 4.43. The Balaban J connectivity index is 1.71. The highest BCUT2D eigenvalue weighted by molar-refractivity contribution is 9.10. The number of carbonyl (C=O) groups excluding carboxylic acids is 2. The van der Waals surface area contributed by atoms with Crippen LogP contribution in [0.2, 0.25) is 0 Å². The number of thioether (sulfide) groups is 1. The van der Waals surface area contributed by atoms with Gasteiger partial charge in [-0.25, -0.2) is 0 Å². The SMILES string of the molecule is COc1ccc(N2C[C@H](CSC)[C@@H](CC(=O)Nc3ccc(Br)cc3)C2=O)cc1. The topological polar surface area (TPSA) is 58.6 Å². The van der Waals surface area contributed by atoms with Crippen LogP contribution in [0, 0.1) is 11.8 Å². The number of rotatable bonds is 7. The van der Waals surface area contributed by atoms with Crippen molar-refractivity contribution in [3.05, 3.63) is 53.0 Å². The lowest BCUT2D eigenvalue weighted by Gasteiger charge is -2.17. The number of carbonyl (C=O) groups is 2. The molecule has 2 amide bonds. The molecule has 1 N–H and O–H groups in total. The van der Waals surface area contributed by atoms with Crippen LogP contribution in [0.3, 0.4) is 0 Å². The summed E-state index contributed by atoms with van der Waals surface area (Å²) in [5.74, 6) is 1.29. The summed E-state index contributed by atoms with van der Waals surface area (Å²) in [6, 6.07) is 14.9. The number of nitrogens with one attached hydrogen (secondary N) is 1. The van der Waals surface area contributed by atoms with E-state index in [0.717, 1.165) is 27.3 Å². The molecule has 0 unspecified atom stereocenters. The van der Waals surface area contributed by atoms with E-state index < -0.39 is 0 Å². The van der Waals surface area contributed by atoms with Crippen LogP contribution in [0.4, 0.5) is 11.4 Å². The lowest BCUT2D eigenvalue weighted by Crippen LogP contribution is -2.29. The fourth-order valence-electron chi connectivity index (χ4n) is 3.43. The van der Waals surface area contributed by atoms with E-state index in [0.29, 0.717) is 6.54 Å². The monoisotopic (exact) mass is 462 g/mol. The first-order chi connectivity index (χ1) is 13.5. The first-order valence-corrected chi connectivity index (χ1v) is 11.2. The summed E-state index contributed by atoms with van der Waals surface area (Å²) in [5.41, 5.74) is 1.57. The van der Waals surface area contributed by atoms with E-state index in [1.165, 1.54) is 0 Å². The van der Waals surface area contributed by atoms with Gasteiger partial charge in [-0.1, -0.05) is 15.9 Å². The van der Waals surface area contributed by atoms with Crippen LogP contribution < -0.4 is 15.0 Å². The fraction of sp³-hybridized carbons (Fsp3) is 0.333. The third-order valence-electron chi connectivity index (χ3n) is 4.87. The molecule has 1 heterocycles. The second-order valence-corrected chi connectivity index (χ2v) is 8.55. The third kappa shape index (κ3) is 4.89. The minimum Gasteiger partial charge on any atom is -0.497 e. The maximum Gasteiger partial charge on any atom is 0.231 e. The highest BCUT2D eigenvalue weighted by atomic mass is 79.9. The summed E-state index contributed by atoms with van der Waals surface area (Å²) in [5, 5.41) is 2.90. The van der Waals surface area contributed by atoms with Crippen LogP contribution in [0.1, 0.15) is 6.42 Å². The molecule has 0 bridgehead atoms. The molecule has 2 aromatic rings. The van der Waals surface area contributed by atoms with Crippen LogP contribution in [-0.4, -0.2) is 37.5 Å². The summed E-state index contributed by atoms with van der Waals surface area (Å²) in [4.78, 5) is 27.4. The van der Waals surface area contributed by atoms with Crippen molar-refractivity contribution in [3.8, 4) is 5.75 Å². The number of anilines is 2. The van der Waals surface area contributed by atoms with Crippen LogP contribution in [0.15, 0.2) is 53.0 Å². The minimum absolute atomic E-state index is 0.00942. The number of nitrogens with zero attached hydrogens (tertiary/aromatic N) is 1. The van der Waals surface area contributed by atoms with Gasteiger partial charge in [-0.3, -0.25) is 9.59 Å². The molecule has 7 heteroatoms. The van der Waals surface area contributed by atoms with Crippen molar-refractivity contribution in [3.63, 3.8) is 0 Å². The van der Waals surface area contributed by atoms with Crippen LogP contribution in [0.25, 0.3) is 0 Å². The van der Waals surface area contributed by atoms with E-state index in [-0.39, 0.29) is 30.1 Å². The van der Waals surface area contributed by atoms with E-state index in [2.05, 4.69) is 21.2 Å². The molecular weight excluding hydrogens is 440 g/mol. The number of hydrogen-bond acceptors (Lipinski definition) is 4. The van der Waals surface area contributed by atoms with Gasteiger partial charge in [0, 0.05) is 28.8 Å². The standard InChI is InChI=1S/C21H23BrN2O3S/c1-27-18-9-7-17(8-10-18)24-12-14(13-28-2)19(21(24)26)11-20(25)23-16-5-3-15(22)4-6-16/h3-10,14,19H,11-13H2,1-2H3,(H,23,25)/t14-,19-/m1/s1. The van der Waals surface area contributed by atoms with Gasteiger partial charge in [-0.2, -0.15) is 11.8 Å². The van der Waals surface area contributed by atoms with Crippen LogP contribution in [0.5, 0.6) is 5.75 Å². The molecule has 0 saturated carbocycles. The van der Waals surface area contributed by atoms with Crippen molar-refractivity contribution in [1.82, 2.24) is 0 Å². The molecule has 148 valence electrons. The normalized spacial score (nSPS) is 19.0. The van der Waals surface area contributed by atoms with E-state index in [4.69, 9.17) is 4.74 Å². The Hall–Kier alpha value is -1.99. The summed E-state index contributed by atoms with van der Waals surface area (Å²) in [6.07, 6.45) is 2.21. The number of amides is 2. The van der Waals surface area contributed by atoms with Gasteiger partial charge in [0.2, 0.25) is 11.8 Å². The molecule has 0 aliphatic carbocycles. The molecule has 1 saturated heterocycles. The molecule has 1 aliphatic heterocycles. The highest BCUT2D eigenvalue weighted by Gasteiger charge is 2.41. The lowest BCUT2D eigenvalue weighted by molar-refractivity contribution is -0.125. The Morgan fingerprint density at radius 3 is 2.50 bits per heavy atom. The Kier molecular flexibility index (Phi) is 7.02. The predicted molar refractivity (Wildman–Crippen MR) is 118 cm³/mol. The van der Waals surface area contributed by atoms with Crippen LogP contribution in [-0.2, 0) is 9.59 Å². The maximum atomic E-state index is 13.1. The van der Waals surface area contributed by atoms with Gasteiger partial charge in [0.15, 0.2) is 0 Å². The second kappa shape index (κ2) is 9.47. The zero-order valence-corrected chi connectivity index (χ0v) is 18.3. The number of halogens is 1. The molecule has 3 rings (SSSR count). The maximum absolute atomic E-state index is 13.1. The fourth-order valence-corrected chi connectivity index (χ4v) is 4.46. The molecule has 1 aliphatic rings. The number of methoxy groups -OCH3 is 1. The van der Waals surface area contributed by atoms with E-state index in [1.807, 2.05) is 54.8 Å². The van der Waals surface area contributed by atoms with Gasteiger partial charge in [0.25, 0.3) is 0 Å². The minimum atomic E-state index is -0.315. The third-order valence-corrected chi connectivity index (χ3v) is 6.16. The number of benzene rings is 2. The van der Waals surface area contributed by atoms with Gasteiger partial charge >= 0.3 is 0 Å². The molecular formula is C21H23BrN2O3S. The van der Waals surface area contributed by atoms with Crippen molar-refractivity contribution >= 4 is 50.9 Å². The van der Waals surface area contributed by atoms with Crippen molar-refractivity contribution in [2.45, 2.75) is 6.42 Å². The average molecular weight is 463 g/mol. The first kappa shape index (κ1) is 20.7. The quantitative estimate of drug-likeness (QED) is 0.660. The Morgan fingerprint density at radius 2 is 1.89 bits per heavy atom. The van der Waals surface area contributed by atoms with Crippen molar-refractivity contribution in [2.75, 3.05) is 35.9 Å². The lowest BCUT2D eigenvalue weighted by atomic mass is 9.93. The summed E-state index contributed by atoms with van der Waals surface area (Å²) >= 11 is 5.09. The second-order valence-electron chi connectivity index (χ2n) is 6.73. The van der Waals surface area contributed by atoms with Gasteiger partial charge in [-0.05, 0) is 66.5 Å². The Labute approximate surface area is 178 Å². The zero-order chi connectivity index (χ0) is 20.1. The van der Waals surface area contributed by atoms with Crippen molar-refractivity contribution < 1.29 is 14.3 Å². The van der Waals surface area contributed by atoms with Crippen molar-refractivity contribution in [2.24, 2.45) is 11.8 Å². The van der Waals surface area contributed by atoms with Crippen LogP contribution >= 0.6 is 27.7 Å². The number of hydrogen-bond donors (Lipinski definition) is 1. The highest BCUT2D eigenvalue weighted by Crippen LogP contribution is 2.34. The molecule has 1 fully saturated rings. The Bertz CT molecular complexity index is 827. The molecule has 0 aromatic heterocycles. The zero-order valence-electron chi connectivity index (χ0n) is 15.9. The van der Waals surface area contributed by atoms with Gasteiger partial charge in [0.1, 0.15) is 5.75 Å². The summed E-state index contributed by atoms with van der Waals surface area (Å²) in [6.45, 7) is 0.627. The molecule has 0 radical (unpaired) electrons. The Morgan fingerprint density at radius 1 is 1.21 bits per heavy atom. The molecule has 2 aromatic carbocycles. The summed E-state index contributed by atoms with van der Waals surface area (Å²) in [7, 11) is 1.62. The largest absolute Gasteiger partial charge is 0.497 e. The molecule has 28 heavy (non-hydrogen) atoms. The first-order valence-electron chi connectivity index (χ1n) is 9.01. The smallest absolute Gasteiger partial charge is 0.231 e. The molecule has 0 spiro atoms. The number of ether oxygens (including phenoxy) is 1. The molecule has 5 nitrogen and oxygen atoms in total.